The Kier molecular flexibility index (Phi) is 5.62. The number of nitrogens with one attached hydrogen (secondary N) is 1. The number of piperazine rings is 1. The fourth-order valence-corrected chi connectivity index (χ4v) is 2.93. The van der Waals surface area contributed by atoms with Gasteiger partial charge in [-0.25, -0.2) is 4.79 Å². The van der Waals surface area contributed by atoms with E-state index in [-0.39, 0.29) is 12.1 Å². The van der Waals surface area contributed by atoms with Crippen molar-refractivity contribution in [3.8, 4) is 0 Å². The first-order valence-corrected chi connectivity index (χ1v) is 7.98. The van der Waals surface area contributed by atoms with Crippen LogP contribution in [0.4, 0.5) is 4.79 Å². The van der Waals surface area contributed by atoms with Gasteiger partial charge in [-0.05, 0) is 32.8 Å². The number of carbonyl (C=O) groups excluding carboxylic acids is 1. The summed E-state index contributed by atoms with van der Waals surface area (Å²) in [6.07, 6.45) is 0.910. The zero-order valence-electron chi connectivity index (χ0n) is 13.4. The SMILES string of the molecule is CCN(CC)C(=O)N1CC(C)NCC1Cc1ccccc1. The Morgan fingerprint density at radius 1 is 1.29 bits per heavy atom. The van der Waals surface area contributed by atoms with Crippen LogP contribution in [0, 0.1) is 0 Å². The highest BCUT2D eigenvalue weighted by molar-refractivity contribution is 5.75. The van der Waals surface area contributed by atoms with Crippen LogP contribution in [0.1, 0.15) is 26.3 Å². The van der Waals surface area contributed by atoms with Gasteiger partial charge >= 0.3 is 6.03 Å². The normalized spacial score (nSPS) is 22.1. The molecule has 0 saturated carbocycles. The van der Waals surface area contributed by atoms with Crippen LogP contribution in [0.5, 0.6) is 0 Å². The summed E-state index contributed by atoms with van der Waals surface area (Å²) in [5.41, 5.74) is 1.29. The van der Waals surface area contributed by atoms with Crippen molar-refractivity contribution in [3.63, 3.8) is 0 Å². The average molecular weight is 289 g/mol. The maximum Gasteiger partial charge on any atom is 0.320 e. The smallest absolute Gasteiger partial charge is 0.320 e. The lowest BCUT2D eigenvalue weighted by atomic mass is 10.0. The molecule has 1 N–H and O–H groups in total. The van der Waals surface area contributed by atoms with Gasteiger partial charge in [0.2, 0.25) is 0 Å². The van der Waals surface area contributed by atoms with E-state index in [0.717, 1.165) is 32.6 Å². The molecule has 0 aromatic heterocycles. The average Bonchev–Trinajstić information content (AvgIpc) is 2.51. The van der Waals surface area contributed by atoms with Gasteiger partial charge in [0.05, 0.1) is 0 Å². The lowest BCUT2D eigenvalue weighted by Gasteiger charge is -2.41. The molecule has 0 spiro atoms. The Hall–Kier alpha value is -1.55. The zero-order valence-corrected chi connectivity index (χ0v) is 13.4. The minimum absolute atomic E-state index is 0.175. The van der Waals surface area contributed by atoms with E-state index >= 15 is 0 Å². The highest BCUT2D eigenvalue weighted by atomic mass is 16.2. The standard InChI is InChI=1S/C17H27N3O/c1-4-19(5-2)17(21)20-13-14(3)18-12-16(20)11-15-9-7-6-8-10-15/h6-10,14,16,18H,4-5,11-13H2,1-3H3. The summed E-state index contributed by atoms with van der Waals surface area (Å²) in [7, 11) is 0. The Balaban J connectivity index is 2.11. The minimum atomic E-state index is 0.175. The third kappa shape index (κ3) is 3.97. The van der Waals surface area contributed by atoms with E-state index in [9.17, 15) is 4.79 Å². The quantitative estimate of drug-likeness (QED) is 0.923. The molecule has 0 aliphatic carbocycles. The first kappa shape index (κ1) is 15.8. The zero-order chi connectivity index (χ0) is 15.2. The van der Waals surface area contributed by atoms with Crippen molar-refractivity contribution in [2.24, 2.45) is 0 Å². The number of carbonyl (C=O) groups is 1. The highest BCUT2D eigenvalue weighted by Crippen LogP contribution is 2.15. The molecule has 4 heteroatoms. The van der Waals surface area contributed by atoms with Gasteiger partial charge in [-0.1, -0.05) is 30.3 Å². The van der Waals surface area contributed by atoms with E-state index in [1.807, 2.05) is 24.8 Å². The summed E-state index contributed by atoms with van der Waals surface area (Å²) < 4.78 is 0. The molecule has 1 aromatic rings. The van der Waals surface area contributed by atoms with Crippen LogP contribution in [0.3, 0.4) is 0 Å². The topological polar surface area (TPSA) is 35.6 Å². The number of nitrogens with zero attached hydrogens (tertiary/aromatic N) is 2. The van der Waals surface area contributed by atoms with Crippen LogP contribution < -0.4 is 5.32 Å². The summed E-state index contributed by atoms with van der Waals surface area (Å²) in [5.74, 6) is 0. The predicted molar refractivity (Wildman–Crippen MR) is 86.4 cm³/mol. The van der Waals surface area contributed by atoms with Crippen molar-refractivity contribution in [1.82, 2.24) is 15.1 Å². The predicted octanol–water partition coefficient (Wildman–Crippen LogP) is 2.35. The molecule has 1 heterocycles. The van der Waals surface area contributed by atoms with Crippen molar-refractivity contribution < 1.29 is 4.79 Å². The number of benzene rings is 1. The maximum absolute atomic E-state index is 12.7. The first-order valence-electron chi connectivity index (χ1n) is 7.98. The monoisotopic (exact) mass is 289 g/mol. The highest BCUT2D eigenvalue weighted by Gasteiger charge is 2.31. The number of hydrogen-bond donors (Lipinski definition) is 1. The van der Waals surface area contributed by atoms with Gasteiger partial charge in [0.15, 0.2) is 0 Å². The molecule has 2 amide bonds. The van der Waals surface area contributed by atoms with Crippen LogP contribution >= 0.6 is 0 Å². The molecule has 21 heavy (non-hydrogen) atoms. The molecule has 1 aromatic carbocycles. The second-order valence-corrected chi connectivity index (χ2v) is 5.76. The summed E-state index contributed by atoms with van der Waals surface area (Å²) in [4.78, 5) is 16.7. The van der Waals surface area contributed by atoms with Crippen molar-refractivity contribution in [3.05, 3.63) is 35.9 Å². The van der Waals surface area contributed by atoms with E-state index in [1.165, 1.54) is 5.56 Å². The van der Waals surface area contributed by atoms with Crippen LogP contribution in [0.2, 0.25) is 0 Å². The Morgan fingerprint density at radius 3 is 2.57 bits per heavy atom. The van der Waals surface area contributed by atoms with E-state index < -0.39 is 0 Å². The molecule has 116 valence electrons. The second kappa shape index (κ2) is 7.46. The molecule has 1 saturated heterocycles. The van der Waals surface area contributed by atoms with E-state index in [2.05, 4.69) is 41.4 Å². The number of rotatable bonds is 4. The molecule has 0 bridgehead atoms. The van der Waals surface area contributed by atoms with E-state index in [4.69, 9.17) is 0 Å². The van der Waals surface area contributed by atoms with E-state index in [0.29, 0.717) is 6.04 Å². The first-order chi connectivity index (χ1) is 10.2. The summed E-state index contributed by atoms with van der Waals surface area (Å²) in [6.45, 7) is 9.41. The lowest BCUT2D eigenvalue weighted by molar-refractivity contribution is 0.112. The summed E-state index contributed by atoms with van der Waals surface area (Å²) in [5, 5.41) is 3.50. The molecule has 1 aliphatic heterocycles. The van der Waals surface area contributed by atoms with Gasteiger partial charge in [-0.3, -0.25) is 0 Å². The van der Waals surface area contributed by atoms with Gasteiger partial charge < -0.3 is 15.1 Å². The third-order valence-corrected chi connectivity index (χ3v) is 4.21. The van der Waals surface area contributed by atoms with Crippen molar-refractivity contribution in [1.29, 1.82) is 0 Å². The minimum Gasteiger partial charge on any atom is -0.325 e. The molecule has 2 rings (SSSR count). The van der Waals surface area contributed by atoms with E-state index in [1.54, 1.807) is 0 Å². The van der Waals surface area contributed by atoms with Gasteiger partial charge in [-0.2, -0.15) is 0 Å². The molecule has 0 radical (unpaired) electrons. The molecular formula is C17H27N3O. The molecular weight excluding hydrogens is 262 g/mol. The van der Waals surface area contributed by atoms with Gasteiger partial charge in [-0.15, -0.1) is 0 Å². The molecule has 2 atom stereocenters. The molecule has 1 fully saturated rings. The lowest BCUT2D eigenvalue weighted by Crippen LogP contribution is -2.60. The fraction of sp³-hybridized carbons (Fsp3) is 0.588. The van der Waals surface area contributed by atoms with Crippen LogP contribution in [-0.2, 0) is 6.42 Å². The molecule has 2 unspecified atom stereocenters. The van der Waals surface area contributed by atoms with Crippen molar-refractivity contribution >= 4 is 6.03 Å². The third-order valence-electron chi connectivity index (χ3n) is 4.21. The number of urea groups is 1. The van der Waals surface area contributed by atoms with Gasteiger partial charge in [0, 0.05) is 38.3 Å². The van der Waals surface area contributed by atoms with Gasteiger partial charge in [0.1, 0.15) is 0 Å². The summed E-state index contributed by atoms with van der Waals surface area (Å²) >= 11 is 0. The Morgan fingerprint density at radius 2 is 1.95 bits per heavy atom. The Bertz CT molecular complexity index is 445. The number of amides is 2. The summed E-state index contributed by atoms with van der Waals surface area (Å²) in [6, 6.07) is 11.2. The van der Waals surface area contributed by atoms with Crippen LogP contribution in [0.15, 0.2) is 30.3 Å². The largest absolute Gasteiger partial charge is 0.325 e. The van der Waals surface area contributed by atoms with Crippen LogP contribution in [0.25, 0.3) is 0 Å². The van der Waals surface area contributed by atoms with Gasteiger partial charge in [0.25, 0.3) is 0 Å². The molecule has 4 nitrogen and oxygen atoms in total. The van der Waals surface area contributed by atoms with Crippen LogP contribution in [-0.4, -0.2) is 54.1 Å². The van der Waals surface area contributed by atoms with Crippen molar-refractivity contribution in [2.45, 2.75) is 39.3 Å². The second-order valence-electron chi connectivity index (χ2n) is 5.76. The number of hydrogen-bond acceptors (Lipinski definition) is 2. The Labute approximate surface area is 128 Å². The maximum atomic E-state index is 12.7. The van der Waals surface area contributed by atoms with Crippen molar-refractivity contribution in [2.75, 3.05) is 26.2 Å². The molecule has 1 aliphatic rings. The fourth-order valence-electron chi connectivity index (χ4n) is 2.93.